The minimum atomic E-state index is 0. The van der Waals surface area contributed by atoms with E-state index in [-0.39, 0.29) is 24.0 Å². The van der Waals surface area contributed by atoms with Crippen LogP contribution in [-0.4, -0.2) is 21.8 Å². The van der Waals surface area contributed by atoms with Crippen LogP contribution in [0, 0.1) is 0 Å². The zero-order chi connectivity index (χ0) is 17.3. The first kappa shape index (κ1) is 18.0. The quantitative estimate of drug-likeness (QED) is 0.352. The van der Waals surface area contributed by atoms with Crippen molar-refractivity contribution in [2.24, 2.45) is 0 Å². The van der Waals surface area contributed by atoms with Crippen LogP contribution in [0.1, 0.15) is 22.4 Å². The second kappa shape index (κ2) is 7.69. The third kappa shape index (κ3) is 3.32. The maximum Gasteiger partial charge on any atom is 0.231 e. The molecule has 0 amide bonds. The highest BCUT2D eigenvalue weighted by Gasteiger charge is 2.30. The second-order valence-electron chi connectivity index (χ2n) is 6.90. The van der Waals surface area contributed by atoms with Crippen LogP contribution < -0.4 is 24.0 Å². The van der Waals surface area contributed by atoms with Crippen molar-refractivity contribution in [1.29, 1.82) is 0 Å². The zero-order valence-electron chi connectivity index (χ0n) is 15.0. The molecule has 0 spiro atoms. The lowest BCUT2D eigenvalue weighted by molar-refractivity contribution is -0.544. The van der Waals surface area contributed by atoms with Crippen LogP contribution in [0.25, 0.3) is 10.9 Å². The number of nitrogens with zero attached hydrogens (tertiary/aromatic N) is 1. The summed E-state index contributed by atoms with van der Waals surface area (Å²) in [6.45, 7) is 1.97. The number of halogens is 1. The molecule has 0 bridgehead atoms. The van der Waals surface area contributed by atoms with Gasteiger partial charge in [-0.2, -0.15) is 0 Å². The van der Waals surface area contributed by atoms with Gasteiger partial charge >= 0.3 is 0 Å². The SMILES string of the molecule is [I-].c1ccc(C[N+]2=C(c3ccccc3)c3[nH]c4ccccc4c3CC2)cc1. The van der Waals surface area contributed by atoms with Crippen LogP contribution in [-0.2, 0) is 13.0 Å². The zero-order valence-corrected chi connectivity index (χ0v) is 17.2. The minimum absolute atomic E-state index is 0. The molecule has 134 valence electrons. The van der Waals surface area contributed by atoms with E-state index in [1.165, 1.54) is 39.0 Å². The average molecular weight is 464 g/mol. The molecule has 4 aromatic rings. The first-order valence-corrected chi connectivity index (χ1v) is 9.21. The van der Waals surface area contributed by atoms with Gasteiger partial charge in [0.15, 0.2) is 6.54 Å². The topological polar surface area (TPSA) is 18.8 Å². The molecule has 5 rings (SSSR count). The number of aromatic nitrogens is 1. The average Bonchev–Trinajstić information content (AvgIpc) is 3.08. The van der Waals surface area contributed by atoms with Crippen LogP contribution in [0.15, 0.2) is 84.9 Å². The van der Waals surface area contributed by atoms with Crippen molar-refractivity contribution in [2.45, 2.75) is 13.0 Å². The molecule has 2 heterocycles. The Hall–Kier alpha value is -2.40. The second-order valence-corrected chi connectivity index (χ2v) is 6.90. The van der Waals surface area contributed by atoms with Crippen molar-refractivity contribution >= 4 is 16.6 Å². The lowest BCUT2D eigenvalue weighted by atomic mass is 9.96. The summed E-state index contributed by atoms with van der Waals surface area (Å²) in [5, 5.41) is 1.36. The summed E-state index contributed by atoms with van der Waals surface area (Å²) in [7, 11) is 0. The molecule has 3 aromatic carbocycles. The molecule has 1 aromatic heterocycles. The molecule has 2 nitrogen and oxygen atoms in total. The number of hydrogen-bond donors (Lipinski definition) is 1. The van der Waals surface area contributed by atoms with E-state index in [0.29, 0.717) is 0 Å². The summed E-state index contributed by atoms with van der Waals surface area (Å²) in [5.74, 6) is 0. The maximum absolute atomic E-state index is 3.70. The lowest BCUT2D eigenvalue weighted by Crippen LogP contribution is -3.00. The fourth-order valence-corrected chi connectivity index (χ4v) is 4.06. The number of benzene rings is 3. The summed E-state index contributed by atoms with van der Waals surface area (Å²) >= 11 is 0. The van der Waals surface area contributed by atoms with Crippen LogP contribution >= 0.6 is 0 Å². The molecule has 0 atom stereocenters. The Kier molecular flexibility index (Phi) is 5.12. The van der Waals surface area contributed by atoms with E-state index in [1.807, 2.05) is 0 Å². The van der Waals surface area contributed by atoms with Gasteiger partial charge in [-0.05, 0) is 23.8 Å². The number of nitrogens with one attached hydrogen (secondary N) is 1. The molecule has 0 fully saturated rings. The Morgan fingerprint density at radius 3 is 2.22 bits per heavy atom. The van der Waals surface area contributed by atoms with E-state index in [2.05, 4.69) is 94.5 Å². The van der Waals surface area contributed by atoms with Crippen molar-refractivity contribution in [3.8, 4) is 0 Å². The molecular weight excluding hydrogens is 443 g/mol. The molecule has 0 saturated carbocycles. The van der Waals surface area contributed by atoms with E-state index in [9.17, 15) is 0 Å². The molecule has 1 N–H and O–H groups in total. The number of hydrogen-bond acceptors (Lipinski definition) is 0. The number of aromatic amines is 1. The summed E-state index contributed by atoms with van der Waals surface area (Å²) in [4.78, 5) is 3.70. The van der Waals surface area contributed by atoms with Gasteiger partial charge in [-0.1, -0.05) is 66.7 Å². The number of rotatable bonds is 3. The van der Waals surface area contributed by atoms with Gasteiger partial charge in [0.2, 0.25) is 5.71 Å². The third-order valence-electron chi connectivity index (χ3n) is 5.26. The van der Waals surface area contributed by atoms with Crippen molar-refractivity contribution in [2.75, 3.05) is 6.54 Å². The lowest BCUT2D eigenvalue weighted by Gasteiger charge is -2.16. The van der Waals surface area contributed by atoms with E-state index >= 15 is 0 Å². The molecule has 0 unspecified atom stereocenters. The smallest absolute Gasteiger partial charge is 0.231 e. The summed E-state index contributed by atoms with van der Waals surface area (Å²) in [6, 6.07) is 30.2. The summed E-state index contributed by atoms with van der Waals surface area (Å²) in [6.07, 6.45) is 1.07. The van der Waals surface area contributed by atoms with Gasteiger partial charge in [-0.15, -0.1) is 0 Å². The normalized spacial score (nSPS) is 13.3. The van der Waals surface area contributed by atoms with E-state index in [4.69, 9.17) is 0 Å². The van der Waals surface area contributed by atoms with Crippen molar-refractivity contribution in [1.82, 2.24) is 4.98 Å². The number of fused-ring (bicyclic) bond motifs is 3. The molecule has 3 heteroatoms. The standard InChI is InChI=1S/C24H20N2.HI/c1-3-9-18(10-4-1)17-26-16-15-21-20-13-7-8-14-22(20)25-23(21)24(26)19-11-5-2-6-12-19;/h1-14H,15-17H2;1H. The third-order valence-corrected chi connectivity index (χ3v) is 5.26. The van der Waals surface area contributed by atoms with Crippen LogP contribution in [0.5, 0.6) is 0 Å². The highest BCUT2D eigenvalue weighted by molar-refractivity contribution is 6.12. The molecule has 0 saturated heterocycles. The van der Waals surface area contributed by atoms with Crippen LogP contribution in [0.2, 0.25) is 0 Å². The maximum atomic E-state index is 3.70. The Labute approximate surface area is 176 Å². The Balaban J connectivity index is 0.00000180. The van der Waals surface area contributed by atoms with Gasteiger partial charge in [0, 0.05) is 28.5 Å². The fourth-order valence-electron chi connectivity index (χ4n) is 4.06. The first-order chi connectivity index (χ1) is 12.9. The summed E-state index contributed by atoms with van der Waals surface area (Å²) in [5.41, 5.74) is 7.89. The van der Waals surface area contributed by atoms with Gasteiger partial charge < -0.3 is 29.0 Å². The van der Waals surface area contributed by atoms with Crippen molar-refractivity contribution < 1.29 is 28.6 Å². The minimum Gasteiger partial charge on any atom is -1.00 e. The van der Waals surface area contributed by atoms with Crippen molar-refractivity contribution in [3.63, 3.8) is 0 Å². The highest BCUT2D eigenvalue weighted by atomic mass is 127. The van der Waals surface area contributed by atoms with Crippen LogP contribution in [0.4, 0.5) is 0 Å². The molecule has 0 aliphatic carbocycles. The monoisotopic (exact) mass is 464 g/mol. The summed E-state index contributed by atoms with van der Waals surface area (Å²) < 4.78 is 2.52. The predicted molar refractivity (Wildman–Crippen MR) is 107 cm³/mol. The molecule has 1 aliphatic rings. The van der Waals surface area contributed by atoms with Gasteiger partial charge in [0.05, 0.1) is 0 Å². The predicted octanol–water partition coefficient (Wildman–Crippen LogP) is 1.78. The Bertz CT molecular complexity index is 1100. The van der Waals surface area contributed by atoms with E-state index in [0.717, 1.165) is 19.5 Å². The molecule has 0 radical (unpaired) electrons. The van der Waals surface area contributed by atoms with E-state index < -0.39 is 0 Å². The Morgan fingerprint density at radius 1 is 0.778 bits per heavy atom. The molecular formula is C24H21IN2. The molecule has 27 heavy (non-hydrogen) atoms. The molecule has 1 aliphatic heterocycles. The number of H-pyrrole nitrogens is 1. The van der Waals surface area contributed by atoms with E-state index in [1.54, 1.807) is 0 Å². The largest absolute Gasteiger partial charge is 1.00 e. The first-order valence-electron chi connectivity index (χ1n) is 9.21. The van der Waals surface area contributed by atoms with Gasteiger partial charge in [-0.25, -0.2) is 4.58 Å². The Morgan fingerprint density at radius 2 is 1.44 bits per heavy atom. The van der Waals surface area contributed by atoms with Crippen molar-refractivity contribution in [3.05, 3.63) is 107 Å². The number of para-hydroxylation sites is 1. The van der Waals surface area contributed by atoms with Gasteiger partial charge in [0.1, 0.15) is 12.2 Å². The van der Waals surface area contributed by atoms with Crippen LogP contribution in [0.3, 0.4) is 0 Å². The highest BCUT2D eigenvalue weighted by Crippen LogP contribution is 2.28. The van der Waals surface area contributed by atoms with Gasteiger partial charge in [-0.3, -0.25) is 0 Å². The fraction of sp³-hybridized carbons (Fsp3) is 0.125. The van der Waals surface area contributed by atoms with Gasteiger partial charge in [0.25, 0.3) is 0 Å².